The quantitative estimate of drug-likeness (QED) is 0.751. The molecule has 0 radical (unpaired) electrons. The number of likely N-dealkylation sites (tertiary alicyclic amines) is 1. The van der Waals surface area contributed by atoms with E-state index in [1.165, 1.54) is 32.1 Å². The maximum Gasteiger partial charge on any atom is 0.222 e. The molecule has 86 valence electrons. The van der Waals surface area contributed by atoms with Crippen LogP contribution in [0.2, 0.25) is 0 Å². The number of nitrogens with two attached hydrogens (primary N) is 1. The maximum atomic E-state index is 11.4. The average molecular weight is 210 g/mol. The molecule has 15 heavy (non-hydrogen) atoms. The van der Waals surface area contributed by atoms with Gasteiger partial charge in [-0.2, -0.15) is 0 Å². The zero-order valence-corrected chi connectivity index (χ0v) is 9.61. The Morgan fingerprint density at radius 3 is 2.47 bits per heavy atom. The second-order valence-corrected chi connectivity index (χ2v) is 5.09. The Morgan fingerprint density at radius 1 is 1.27 bits per heavy atom. The van der Waals surface area contributed by atoms with Crippen LogP contribution in [0.4, 0.5) is 0 Å². The number of amides is 1. The highest BCUT2D eigenvalue weighted by molar-refractivity contribution is 5.78. The lowest BCUT2D eigenvalue weighted by Gasteiger charge is -2.34. The van der Waals surface area contributed by atoms with E-state index in [2.05, 4.69) is 0 Å². The third kappa shape index (κ3) is 2.17. The topological polar surface area (TPSA) is 46.3 Å². The second-order valence-electron chi connectivity index (χ2n) is 5.09. The molecule has 2 atom stereocenters. The SMILES string of the molecule is CN1C(=O)CCC1C(N)C1CCCCC1. The Kier molecular flexibility index (Phi) is 3.29. The Bertz CT molecular complexity index is 236. The number of carbonyl (C=O) groups excluding carboxylic acids is 1. The fourth-order valence-corrected chi connectivity index (χ4v) is 3.11. The van der Waals surface area contributed by atoms with Gasteiger partial charge in [0.05, 0.1) is 0 Å². The van der Waals surface area contributed by atoms with Crippen molar-refractivity contribution in [2.45, 2.75) is 57.0 Å². The smallest absolute Gasteiger partial charge is 0.222 e. The summed E-state index contributed by atoms with van der Waals surface area (Å²) in [6.45, 7) is 0. The van der Waals surface area contributed by atoms with Gasteiger partial charge < -0.3 is 10.6 Å². The maximum absolute atomic E-state index is 11.4. The molecule has 2 fully saturated rings. The molecule has 1 heterocycles. The van der Waals surface area contributed by atoms with Crippen molar-refractivity contribution in [1.82, 2.24) is 4.90 Å². The first-order chi connectivity index (χ1) is 7.20. The van der Waals surface area contributed by atoms with Crippen LogP contribution in [-0.2, 0) is 4.79 Å². The largest absolute Gasteiger partial charge is 0.341 e. The summed E-state index contributed by atoms with van der Waals surface area (Å²) in [4.78, 5) is 13.3. The first-order valence-electron chi connectivity index (χ1n) is 6.21. The molecule has 1 saturated carbocycles. The first-order valence-corrected chi connectivity index (χ1v) is 6.21. The van der Waals surface area contributed by atoms with Crippen LogP contribution in [-0.4, -0.2) is 29.9 Å². The summed E-state index contributed by atoms with van der Waals surface area (Å²) < 4.78 is 0. The highest BCUT2D eigenvalue weighted by Crippen LogP contribution is 2.31. The van der Waals surface area contributed by atoms with E-state index >= 15 is 0 Å². The van der Waals surface area contributed by atoms with E-state index < -0.39 is 0 Å². The van der Waals surface area contributed by atoms with Crippen molar-refractivity contribution in [3.05, 3.63) is 0 Å². The van der Waals surface area contributed by atoms with Crippen molar-refractivity contribution in [1.29, 1.82) is 0 Å². The molecule has 0 aromatic carbocycles. The minimum Gasteiger partial charge on any atom is -0.341 e. The fourth-order valence-electron chi connectivity index (χ4n) is 3.11. The van der Waals surface area contributed by atoms with Gasteiger partial charge >= 0.3 is 0 Å². The Hall–Kier alpha value is -0.570. The van der Waals surface area contributed by atoms with Crippen LogP contribution in [0.15, 0.2) is 0 Å². The van der Waals surface area contributed by atoms with Gasteiger partial charge in [0.2, 0.25) is 5.91 Å². The lowest BCUT2D eigenvalue weighted by Crippen LogP contribution is -2.48. The zero-order chi connectivity index (χ0) is 10.8. The van der Waals surface area contributed by atoms with E-state index in [0.29, 0.717) is 18.4 Å². The first kappa shape index (κ1) is 10.9. The number of rotatable bonds is 2. The van der Waals surface area contributed by atoms with Crippen LogP contribution >= 0.6 is 0 Å². The lowest BCUT2D eigenvalue weighted by atomic mass is 9.81. The van der Waals surface area contributed by atoms with E-state index in [-0.39, 0.29) is 11.9 Å². The number of hydrogen-bond donors (Lipinski definition) is 1. The molecule has 2 rings (SSSR count). The molecule has 2 N–H and O–H groups in total. The van der Waals surface area contributed by atoms with E-state index in [1.807, 2.05) is 11.9 Å². The Balaban J connectivity index is 1.94. The predicted molar refractivity (Wildman–Crippen MR) is 60.3 cm³/mol. The van der Waals surface area contributed by atoms with E-state index in [9.17, 15) is 4.79 Å². The van der Waals surface area contributed by atoms with Crippen molar-refractivity contribution < 1.29 is 4.79 Å². The van der Waals surface area contributed by atoms with Gasteiger partial charge in [0.1, 0.15) is 0 Å². The van der Waals surface area contributed by atoms with Gasteiger partial charge in [-0.25, -0.2) is 0 Å². The molecule has 1 aliphatic carbocycles. The molecule has 3 heteroatoms. The fraction of sp³-hybridized carbons (Fsp3) is 0.917. The van der Waals surface area contributed by atoms with Gasteiger partial charge in [-0.3, -0.25) is 4.79 Å². The lowest BCUT2D eigenvalue weighted by molar-refractivity contribution is -0.128. The van der Waals surface area contributed by atoms with E-state index in [4.69, 9.17) is 5.73 Å². The van der Waals surface area contributed by atoms with Crippen LogP contribution in [0.25, 0.3) is 0 Å². The van der Waals surface area contributed by atoms with Crippen LogP contribution in [0.1, 0.15) is 44.9 Å². The summed E-state index contributed by atoms with van der Waals surface area (Å²) in [7, 11) is 1.91. The molecular weight excluding hydrogens is 188 g/mol. The van der Waals surface area contributed by atoms with E-state index in [0.717, 1.165) is 6.42 Å². The van der Waals surface area contributed by atoms with Crippen molar-refractivity contribution in [2.75, 3.05) is 7.05 Å². The molecule has 2 aliphatic rings. The molecule has 1 amide bonds. The minimum atomic E-state index is 0.210. The number of carbonyl (C=O) groups is 1. The summed E-state index contributed by atoms with van der Waals surface area (Å²) in [6, 6.07) is 0.516. The standard InChI is InChI=1S/C12H22N2O/c1-14-10(7-8-11(14)15)12(13)9-5-3-2-4-6-9/h9-10,12H,2-8,13H2,1H3. The summed E-state index contributed by atoms with van der Waals surface area (Å²) >= 11 is 0. The summed E-state index contributed by atoms with van der Waals surface area (Å²) in [5.74, 6) is 0.920. The summed E-state index contributed by atoms with van der Waals surface area (Å²) in [6.07, 6.45) is 8.20. The molecule has 1 aliphatic heterocycles. The highest BCUT2D eigenvalue weighted by Gasteiger charge is 2.36. The van der Waals surface area contributed by atoms with Gasteiger partial charge in [0, 0.05) is 25.6 Å². The number of likely N-dealkylation sites (N-methyl/N-ethyl adjacent to an activating group) is 1. The van der Waals surface area contributed by atoms with Crippen LogP contribution < -0.4 is 5.73 Å². The van der Waals surface area contributed by atoms with Gasteiger partial charge in [0.25, 0.3) is 0 Å². The van der Waals surface area contributed by atoms with Gasteiger partial charge in [-0.1, -0.05) is 19.3 Å². The zero-order valence-electron chi connectivity index (χ0n) is 9.61. The predicted octanol–water partition coefficient (Wildman–Crippen LogP) is 1.51. The van der Waals surface area contributed by atoms with Crippen molar-refractivity contribution in [2.24, 2.45) is 11.7 Å². The average Bonchev–Trinajstić information content (AvgIpc) is 2.60. The Morgan fingerprint density at radius 2 is 1.93 bits per heavy atom. The molecule has 2 unspecified atom stereocenters. The van der Waals surface area contributed by atoms with Crippen LogP contribution in [0, 0.1) is 5.92 Å². The van der Waals surface area contributed by atoms with Crippen LogP contribution in [0.5, 0.6) is 0 Å². The minimum absolute atomic E-state index is 0.210. The van der Waals surface area contributed by atoms with Gasteiger partial charge in [-0.05, 0) is 25.2 Å². The third-order valence-electron chi connectivity index (χ3n) is 4.18. The monoisotopic (exact) mass is 210 g/mol. The molecule has 0 aromatic rings. The van der Waals surface area contributed by atoms with Gasteiger partial charge in [0.15, 0.2) is 0 Å². The Labute approximate surface area is 92.0 Å². The molecule has 1 saturated heterocycles. The van der Waals surface area contributed by atoms with Crippen LogP contribution in [0.3, 0.4) is 0 Å². The normalized spacial score (nSPS) is 30.9. The molecule has 0 aromatic heterocycles. The van der Waals surface area contributed by atoms with Crippen molar-refractivity contribution in [3.63, 3.8) is 0 Å². The third-order valence-corrected chi connectivity index (χ3v) is 4.18. The van der Waals surface area contributed by atoms with E-state index in [1.54, 1.807) is 0 Å². The number of hydrogen-bond acceptors (Lipinski definition) is 2. The summed E-state index contributed by atoms with van der Waals surface area (Å²) in [5.41, 5.74) is 6.31. The second kappa shape index (κ2) is 4.52. The summed E-state index contributed by atoms with van der Waals surface area (Å²) in [5, 5.41) is 0. The molecule has 3 nitrogen and oxygen atoms in total. The molecular formula is C12H22N2O. The van der Waals surface area contributed by atoms with Crippen molar-refractivity contribution >= 4 is 5.91 Å². The molecule has 0 spiro atoms. The van der Waals surface area contributed by atoms with Gasteiger partial charge in [-0.15, -0.1) is 0 Å². The van der Waals surface area contributed by atoms with Crippen molar-refractivity contribution in [3.8, 4) is 0 Å². The number of nitrogens with zero attached hydrogens (tertiary/aromatic N) is 1. The highest BCUT2D eigenvalue weighted by atomic mass is 16.2. The molecule has 0 bridgehead atoms.